The molecule has 0 aliphatic heterocycles. The average Bonchev–Trinajstić information content (AvgIpc) is 2.89. The minimum absolute atomic E-state index is 0.0254. The molecule has 2 atom stereocenters. The fourth-order valence-electron chi connectivity index (χ4n) is 1.59. The fourth-order valence-corrected chi connectivity index (χ4v) is 1.59. The number of imidazole rings is 1. The van der Waals surface area contributed by atoms with Crippen LogP contribution >= 0.6 is 0 Å². The molecule has 1 aromatic heterocycles. The van der Waals surface area contributed by atoms with Crippen LogP contribution in [0, 0.1) is 0 Å². The van der Waals surface area contributed by atoms with Gasteiger partial charge in [0.15, 0.2) is 12.5 Å². The van der Waals surface area contributed by atoms with E-state index in [0.29, 0.717) is 26.4 Å². The molecule has 0 saturated heterocycles. The van der Waals surface area contributed by atoms with Gasteiger partial charge in [0, 0.05) is 28.1 Å². The third kappa shape index (κ3) is 5.69. The van der Waals surface area contributed by atoms with E-state index < -0.39 is 0 Å². The Hall–Kier alpha value is -0.950. The van der Waals surface area contributed by atoms with Gasteiger partial charge in [-0.2, -0.15) is 0 Å². The van der Waals surface area contributed by atoms with E-state index in [4.69, 9.17) is 18.9 Å². The van der Waals surface area contributed by atoms with Crippen molar-refractivity contribution in [1.29, 1.82) is 0 Å². The maximum Gasteiger partial charge on any atom is 0.248 e. The van der Waals surface area contributed by atoms with Crippen LogP contribution in [0.1, 0.15) is 26.3 Å². The Morgan fingerprint density at radius 3 is 2.26 bits per heavy atom. The lowest BCUT2D eigenvalue weighted by atomic mass is 10.6. The van der Waals surface area contributed by atoms with Crippen LogP contribution in [-0.2, 0) is 18.9 Å². The normalized spacial score (nSPS) is 14.5. The number of hydrogen-bond acceptors (Lipinski definition) is 4. The first-order valence-electron chi connectivity index (χ1n) is 6.48. The molecule has 1 rings (SSSR count). The minimum Gasteiger partial charge on any atom is -0.382 e. The molecule has 1 aromatic rings. The van der Waals surface area contributed by atoms with Crippen LogP contribution in [0.3, 0.4) is 0 Å². The van der Waals surface area contributed by atoms with E-state index in [1.54, 1.807) is 14.2 Å². The molecule has 19 heavy (non-hydrogen) atoms. The summed E-state index contributed by atoms with van der Waals surface area (Å²) in [7, 11) is 3.33. The number of nitrogens with zero attached hydrogens (tertiary/aromatic N) is 2. The molecule has 110 valence electrons. The summed E-state index contributed by atoms with van der Waals surface area (Å²) in [6.07, 6.45) is 5.85. The van der Waals surface area contributed by atoms with Gasteiger partial charge in [-0.3, -0.25) is 0 Å². The van der Waals surface area contributed by atoms with Gasteiger partial charge in [-0.1, -0.05) is 0 Å². The van der Waals surface area contributed by atoms with Gasteiger partial charge in [0.25, 0.3) is 0 Å². The van der Waals surface area contributed by atoms with Gasteiger partial charge in [-0.25, -0.2) is 9.13 Å². The van der Waals surface area contributed by atoms with E-state index >= 15 is 0 Å². The summed E-state index contributed by atoms with van der Waals surface area (Å²) in [6.45, 7) is 6.35. The highest BCUT2D eigenvalue weighted by Crippen LogP contribution is 2.07. The van der Waals surface area contributed by atoms with Gasteiger partial charge < -0.3 is 18.9 Å². The Bertz CT molecular complexity index is 313. The van der Waals surface area contributed by atoms with Crippen LogP contribution < -0.4 is 4.57 Å². The highest BCUT2D eigenvalue weighted by molar-refractivity contribution is 4.68. The van der Waals surface area contributed by atoms with Crippen LogP contribution in [0.15, 0.2) is 18.7 Å². The minimum atomic E-state index is -0.0254. The van der Waals surface area contributed by atoms with Crippen molar-refractivity contribution in [3.8, 4) is 0 Å². The van der Waals surface area contributed by atoms with E-state index in [-0.39, 0.29) is 12.5 Å². The number of aromatic nitrogens is 2. The second-order valence-corrected chi connectivity index (χ2v) is 4.23. The smallest absolute Gasteiger partial charge is 0.248 e. The number of rotatable bonds is 10. The summed E-state index contributed by atoms with van der Waals surface area (Å²) in [5, 5.41) is 0. The zero-order chi connectivity index (χ0) is 14.1. The highest BCUT2D eigenvalue weighted by atomic mass is 16.5. The third-order valence-electron chi connectivity index (χ3n) is 2.81. The van der Waals surface area contributed by atoms with E-state index in [2.05, 4.69) is 0 Å². The predicted molar refractivity (Wildman–Crippen MR) is 69.7 cm³/mol. The third-order valence-corrected chi connectivity index (χ3v) is 2.81. The van der Waals surface area contributed by atoms with Crippen molar-refractivity contribution in [3.05, 3.63) is 18.7 Å². The largest absolute Gasteiger partial charge is 0.382 e. The Labute approximate surface area is 114 Å². The zero-order valence-corrected chi connectivity index (χ0v) is 12.2. The second kappa shape index (κ2) is 9.03. The van der Waals surface area contributed by atoms with Crippen molar-refractivity contribution in [1.82, 2.24) is 4.57 Å². The maximum absolute atomic E-state index is 5.62. The van der Waals surface area contributed by atoms with Crippen molar-refractivity contribution >= 4 is 0 Å². The molecule has 0 spiro atoms. The summed E-state index contributed by atoms with van der Waals surface area (Å²) in [6, 6.07) is 0. The quantitative estimate of drug-likeness (QED) is 0.474. The fraction of sp³-hybridized carbons (Fsp3) is 0.769. The lowest BCUT2D eigenvalue weighted by Gasteiger charge is -2.10. The molecule has 2 unspecified atom stereocenters. The van der Waals surface area contributed by atoms with Crippen molar-refractivity contribution < 1.29 is 23.5 Å². The van der Waals surface area contributed by atoms with Gasteiger partial charge in [-0.15, -0.1) is 0 Å². The summed E-state index contributed by atoms with van der Waals surface area (Å²) < 4.78 is 25.1. The molecular formula is C13H25N2O4+. The molecule has 1 heterocycles. The van der Waals surface area contributed by atoms with E-state index in [1.807, 2.05) is 41.7 Å². The summed E-state index contributed by atoms with van der Waals surface area (Å²) in [4.78, 5) is 0. The van der Waals surface area contributed by atoms with Crippen LogP contribution in [0.4, 0.5) is 0 Å². The maximum atomic E-state index is 5.62. The van der Waals surface area contributed by atoms with E-state index in [1.165, 1.54) is 0 Å². The molecule has 0 N–H and O–H groups in total. The number of methoxy groups -OCH3 is 2. The van der Waals surface area contributed by atoms with E-state index in [0.717, 1.165) is 0 Å². The standard InChI is InChI=1S/C13H25N2O4/c1-12(18-9-7-16-3)14-5-6-15(11-14)13(2)19-10-8-17-4/h5-6,11-13H,7-10H2,1-4H3/q+1. The molecule has 0 radical (unpaired) electrons. The molecule has 0 saturated carbocycles. The molecule has 0 aliphatic rings. The predicted octanol–water partition coefficient (Wildman–Crippen LogP) is 1.14. The first-order valence-corrected chi connectivity index (χ1v) is 6.48. The first-order chi connectivity index (χ1) is 9.19. The molecule has 0 aromatic carbocycles. The Morgan fingerprint density at radius 2 is 1.63 bits per heavy atom. The highest BCUT2D eigenvalue weighted by Gasteiger charge is 2.15. The topological polar surface area (TPSA) is 45.7 Å². The van der Waals surface area contributed by atoms with Crippen molar-refractivity contribution in [2.24, 2.45) is 0 Å². The van der Waals surface area contributed by atoms with Crippen LogP contribution in [0.2, 0.25) is 0 Å². The summed E-state index contributed by atoms with van der Waals surface area (Å²) in [5.74, 6) is 0. The average molecular weight is 273 g/mol. The summed E-state index contributed by atoms with van der Waals surface area (Å²) >= 11 is 0. The summed E-state index contributed by atoms with van der Waals surface area (Å²) in [5.41, 5.74) is 0. The molecule has 0 amide bonds. The van der Waals surface area contributed by atoms with Crippen molar-refractivity contribution in [2.75, 3.05) is 40.6 Å². The number of hydrogen-bond donors (Lipinski definition) is 0. The van der Waals surface area contributed by atoms with E-state index in [9.17, 15) is 0 Å². The molecule has 0 aliphatic carbocycles. The molecule has 6 heteroatoms. The molecule has 6 nitrogen and oxygen atoms in total. The van der Waals surface area contributed by atoms with Gasteiger partial charge in [0.2, 0.25) is 6.33 Å². The Morgan fingerprint density at radius 1 is 1.00 bits per heavy atom. The lowest BCUT2D eigenvalue weighted by Crippen LogP contribution is -2.38. The Balaban J connectivity index is 2.41. The Kier molecular flexibility index (Phi) is 7.66. The van der Waals surface area contributed by atoms with Crippen molar-refractivity contribution in [3.63, 3.8) is 0 Å². The van der Waals surface area contributed by atoms with Crippen LogP contribution in [0.5, 0.6) is 0 Å². The van der Waals surface area contributed by atoms with Gasteiger partial charge >= 0.3 is 0 Å². The van der Waals surface area contributed by atoms with Crippen LogP contribution in [-0.4, -0.2) is 45.2 Å². The molecule has 0 bridgehead atoms. The lowest BCUT2D eigenvalue weighted by molar-refractivity contribution is -0.758. The van der Waals surface area contributed by atoms with Crippen molar-refractivity contribution in [2.45, 2.75) is 26.3 Å². The first kappa shape index (κ1) is 16.1. The van der Waals surface area contributed by atoms with Crippen LogP contribution in [0.25, 0.3) is 0 Å². The zero-order valence-electron chi connectivity index (χ0n) is 12.2. The monoisotopic (exact) mass is 273 g/mol. The van der Waals surface area contributed by atoms with Gasteiger partial charge in [0.05, 0.1) is 26.4 Å². The van der Waals surface area contributed by atoms with Gasteiger partial charge in [0.1, 0.15) is 12.4 Å². The molecular weight excluding hydrogens is 248 g/mol. The molecule has 0 fully saturated rings. The van der Waals surface area contributed by atoms with Gasteiger partial charge in [-0.05, 0) is 0 Å². The number of ether oxygens (including phenoxy) is 4. The SMILES string of the molecule is COCCOC(C)n1cc[n+](C(C)OCCOC)c1. The second-order valence-electron chi connectivity index (χ2n) is 4.23.